The third-order valence-corrected chi connectivity index (χ3v) is 4.66. The molecule has 0 aromatic heterocycles. The Morgan fingerprint density at radius 3 is 2.27 bits per heavy atom. The van der Waals surface area contributed by atoms with Crippen molar-refractivity contribution in [3.05, 3.63) is 89.7 Å². The smallest absolute Gasteiger partial charge is 0.265 e. The van der Waals surface area contributed by atoms with Crippen LogP contribution in [0.2, 0.25) is 0 Å². The monoisotopic (exact) mass is 404 g/mol. The third kappa shape index (κ3) is 4.05. The van der Waals surface area contributed by atoms with Crippen molar-refractivity contribution in [2.45, 2.75) is 0 Å². The zero-order chi connectivity index (χ0) is 21.1. The average molecular weight is 404 g/mol. The molecular formula is C23H17FN2O4. The molecule has 0 fully saturated rings. The minimum Gasteiger partial charge on any atom is -0.484 e. The second kappa shape index (κ2) is 8.16. The van der Waals surface area contributed by atoms with Crippen molar-refractivity contribution < 1.29 is 23.5 Å². The van der Waals surface area contributed by atoms with E-state index in [9.17, 15) is 18.8 Å². The van der Waals surface area contributed by atoms with E-state index in [0.717, 1.165) is 0 Å². The number of para-hydroxylation sites is 2. The first-order valence-corrected chi connectivity index (χ1v) is 9.23. The maximum Gasteiger partial charge on any atom is 0.265 e. The van der Waals surface area contributed by atoms with Gasteiger partial charge in [-0.1, -0.05) is 12.1 Å². The fourth-order valence-corrected chi connectivity index (χ4v) is 3.15. The van der Waals surface area contributed by atoms with E-state index in [-0.39, 0.29) is 30.7 Å². The summed E-state index contributed by atoms with van der Waals surface area (Å²) in [6.45, 7) is -0.336. The Morgan fingerprint density at radius 2 is 1.57 bits per heavy atom. The van der Waals surface area contributed by atoms with Gasteiger partial charge in [0.15, 0.2) is 12.4 Å². The summed E-state index contributed by atoms with van der Waals surface area (Å²) in [6, 6.07) is 18.7. The standard InChI is InChI=1S/C23H17FN2O4/c24-17-9-5-15(6-10-17)23(29)16-7-11-18(12-8-16)30-14-22(28)26-13-21(27)25-19-3-1-2-4-20(19)26/h1-12H,13-14H2,(H,25,27). The van der Waals surface area contributed by atoms with Gasteiger partial charge in [-0.25, -0.2) is 4.39 Å². The second-order valence-electron chi connectivity index (χ2n) is 6.69. The van der Waals surface area contributed by atoms with Crippen LogP contribution in [0.5, 0.6) is 5.75 Å². The molecule has 1 heterocycles. The Hall–Kier alpha value is -4.00. The number of carbonyl (C=O) groups is 3. The fraction of sp³-hybridized carbons (Fsp3) is 0.0870. The summed E-state index contributed by atoms with van der Waals surface area (Å²) in [6.07, 6.45) is 0. The molecule has 7 heteroatoms. The largest absolute Gasteiger partial charge is 0.484 e. The molecule has 6 nitrogen and oxygen atoms in total. The molecule has 1 aliphatic rings. The Bertz CT molecular complexity index is 1110. The number of carbonyl (C=O) groups excluding carboxylic acids is 3. The van der Waals surface area contributed by atoms with Crippen LogP contribution in [0, 0.1) is 5.82 Å². The van der Waals surface area contributed by atoms with E-state index in [4.69, 9.17) is 4.74 Å². The van der Waals surface area contributed by atoms with Crippen LogP contribution in [0.4, 0.5) is 15.8 Å². The number of halogens is 1. The number of nitrogens with zero attached hydrogens (tertiary/aromatic N) is 1. The van der Waals surface area contributed by atoms with Crippen LogP contribution in [0.1, 0.15) is 15.9 Å². The van der Waals surface area contributed by atoms with Crippen LogP contribution < -0.4 is 15.0 Å². The molecule has 0 radical (unpaired) electrons. The molecule has 30 heavy (non-hydrogen) atoms. The van der Waals surface area contributed by atoms with Crippen LogP contribution in [-0.4, -0.2) is 30.7 Å². The highest BCUT2D eigenvalue weighted by atomic mass is 19.1. The molecule has 0 bridgehead atoms. The minimum atomic E-state index is -0.409. The normalized spacial score (nSPS) is 12.7. The van der Waals surface area contributed by atoms with E-state index in [1.54, 1.807) is 48.5 Å². The topological polar surface area (TPSA) is 75.7 Å². The number of hydrogen-bond acceptors (Lipinski definition) is 4. The molecule has 4 rings (SSSR count). The third-order valence-electron chi connectivity index (χ3n) is 4.66. The van der Waals surface area contributed by atoms with Gasteiger partial charge in [0, 0.05) is 11.1 Å². The summed E-state index contributed by atoms with van der Waals surface area (Å²) >= 11 is 0. The molecule has 0 unspecified atom stereocenters. The number of ketones is 1. The molecule has 1 aliphatic heterocycles. The van der Waals surface area contributed by atoms with Gasteiger partial charge in [-0.15, -0.1) is 0 Å². The van der Waals surface area contributed by atoms with Crippen molar-refractivity contribution in [1.82, 2.24) is 0 Å². The molecule has 150 valence electrons. The molecule has 0 spiro atoms. The van der Waals surface area contributed by atoms with Crippen molar-refractivity contribution in [2.24, 2.45) is 0 Å². The Labute approximate surface area is 171 Å². The second-order valence-corrected chi connectivity index (χ2v) is 6.69. The lowest BCUT2D eigenvalue weighted by molar-refractivity contribution is -0.123. The molecule has 2 amide bonds. The van der Waals surface area contributed by atoms with Gasteiger partial charge in [0.2, 0.25) is 5.91 Å². The lowest BCUT2D eigenvalue weighted by atomic mass is 10.0. The summed E-state index contributed by atoms with van der Waals surface area (Å²) < 4.78 is 18.6. The molecule has 3 aromatic rings. The number of benzene rings is 3. The number of fused-ring (bicyclic) bond motifs is 1. The van der Waals surface area contributed by atoms with Gasteiger partial charge in [-0.05, 0) is 60.7 Å². The van der Waals surface area contributed by atoms with E-state index in [0.29, 0.717) is 28.3 Å². The lowest BCUT2D eigenvalue weighted by Crippen LogP contribution is -2.44. The van der Waals surface area contributed by atoms with Gasteiger partial charge in [-0.3, -0.25) is 19.3 Å². The fourth-order valence-electron chi connectivity index (χ4n) is 3.15. The van der Waals surface area contributed by atoms with Gasteiger partial charge in [-0.2, -0.15) is 0 Å². The minimum absolute atomic E-state index is 0.0791. The number of amides is 2. The van der Waals surface area contributed by atoms with Crippen molar-refractivity contribution in [2.75, 3.05) is 23.4 Å². The molecule has 3 aromatic carbocycles. The molecule has 0 atom stereocenters. The summed E-state index contributed by atoms with van der Waals surface area (Å²) in [7, 11) is 0. The van der Waals surface area contributed by atoms with Gasteiger partial charge < -0.3 is 10.1 Å². The highest BCUT2D eigenvalue weighted by molar-refractivity contribution is 6.10. The Balaban J connectivity index is 1.41. The van der Waals surface area contributed by atoms with E-state index in [1.165, 1.54) is 29.2 Å². The number of nitrogens with one attached hydrogen (secondary N) is 1. The first kappa shape index (κ1) is 19.3. The molecule has 0 aliphatic carbocycles. The van der Waals surface area contributed by atoms with Crippen LogP contribution in [0.25, 0.3) is 0 Å². The van der Waals surface area contributed by atoms with Crippen LogP contribution in [0.15, 0.2) is 72.8 Å². The number of ether oxygens (including phenoxy) is 1. The average Bonchev–Trinajstić information content (AvgIpc) is 2.77. The maximum atomic E-state index is 13.0. The number of hydrogen-bond donors (Lipinski definition) is 1. The maximum absolute atomic E-state index is 13.0. The molecule has 1 N–H and O–H groups in total. The van der Waals surface area contributed by atoms with Crippen LogP contribution >= 0.6 is 0 Å². The zero-order valence-corrected chi connectivity index (χ0v) is 15.8. The van der Waals surface area contributed by atoms with Gasteiger partial charge in [0.05, 0.1) is 11.4 Å². The molecular weight excluding hydrogens is 387 g/mol. The summed E-state index contributed by atoms with van der Waals surface area (Å²) in [4.78, 5) is 38.3. The van der Waals surface area contributed by atoms with E-state index >= 15 is 0 Å². The summed E-state index contributed by atoms with van der Waals surface area (Å²) in [5, 5.41) is 2.73. The van der Waals surface area contributed by atoms with Crippen LogP contribution in [-0.2, 0) is 9.59 Å². The van der Waals surface area contributed by atoms with Crippen molar-refractivity contribution in [3.63, 3.8) is 0 Å². The van der Waals surface area contributed by atoms with Crippen molar-refractivity contribution in [1.29, 1.82) is 0 Å². The van der Waals surface area contributed by atoms with E-state index in [1.807, 2.05) is 0 Å². The van der Waals surface area contributed by atoms with Gasteiger partial charge >= 0.3 is 0 Å². The SMILES string of the molecule is O=C1CN(C(=O)COc2ccc(C(=O)c3ccc(F)cc3)cc2)c2ccccc2N1. The Kier molecular flexibility index (Phi) is 5.26. The number of anilines is 2. The van der Waals surface area contributed by atoms with Crippen LogP contribution in [0.3, 0.4) is 0 Å². The quantitative estimate of drug-likeness (QED) is 0.661. The van der Waals surface area contributed by atoms with Crippen molar-refractivity contribution >= 4 is 29.0 Å². The summed E-state index contributed by atoms with van der Waals surface area (Å²) in [5.41, 5.74) is 1.99. The highest BCUT2D eigenvalue weighted by Gasteiger charge is 2.26. The predicted molar refractivity (Wildman–Crippen MR) is 109 cm³/mol. The zero-order valence-electron chi connectivity index (χ0n) is 15.8. The van der Waals surface area contributed by atoms with E-state index in [2.05, 4.69) is 5.32 Å². The van der Waals surface area contributed by atoms with E-state index < -0.39 is 5.82 Å². The first-order valence-electron chi connectivity index (χ1n) is 9.23. The highest BCUT2D eigenvalue weighted by Crippen LogP contribution is 2.29. The van der Waals surface area contributed by atoms with Gasteiger partial charge in [0.25, 0.3) is 5.91 Å². The Morgan fingerprint density at radius 1 is 0.933 bits per heavy atom. The summed E-state index contributed by atoms with van der Waals surface area (Å²) in [5.74, 6) is -0.870. The molecule has 0 saturated heterocycles. The lowest BCUT2D eigenvalue weighted by Gasteiger charge is -2.29. The number of rotatable bonds is 5. The molecule has 0 saturated carbocycles. The van der Waals surface area contributed by atoms with Gasteiger partial charge in [0.1, 0.15) is 18.1 Å². The van der Waals surface area contributed by atoms with Crippen molar-refractivity contribution in [3.8, 4) is 5.75 Å². The first-order chi connectivity index (χ1) is 14.5. The predicted octanol–water partition coefficient (Wildman–Crippen LogP) is 3.42.